The average Bonchev–Trinajstić information content (AvgIpc) is 2.35. The second kappa shape index (κ2) is 5.86. The number of nitro groups is 1. The molecule has 6 nitrogen and oxygen atoms in total. The minimum atomic E-state index is -0.744. The molecule has 1 aromatic heterocycles. The van der Waals surface area contributed by atoms with Gasteiger partial charge in [0.05, 0.1) is 14.4 Å². The maximum Gasteiger partial charge on any atom is 0.349 e. The van der Waals surface area contributed by atoms with Crippen molar-refractivity contribution in [2.24, 2.45) is 0 Å². The van der Waals surface area contributed by atoms with Crippen molar-refractivity contribution in [2.75, 3.05) is 0 Å². The Kier molecular flexibility index (Phi) is 4.36. The van der Waals surface area contributed by atoms with Crippen molar-refractivity contribution >= 4 is 44.8 Å². The van der Waals surface area contributed by atoms with Crippen molar-refractivity contribution in [3.63, 3.8) is 0 Å². The number of aromatic nitrogens is 2. The van der Waals surface area contributed by atoms with Crippen LogP contribution in [0.3, 0.4) is 0 Å². The zero-order valence-electron chi connectivity index (χ0n) is 9.31. The standard InChI is InChI=1S/C10H3BrCl2FN3O3/c11-4-1-5(12)6(14)2-8(4)20-9-7(17(18)19)3-15-10(13)16-9/h1-3H. The molecule has 10 heteroatoms. The molecule has 0 saturated carbocycles. The third-order valence-corrected chi connectivity index (χ3v) is 3.18. The Balaban J connectivity index is 2.47. The van der Waals surface area contributed by atoms with Gasteiger partial charge in [0.2, 0.25) is 5.28 Å². The summed E-state index contributed by atoms with van der Waals surface area (Å²) in [5, 5.41) is 10.5. The summed E-state index contributed by atoms with van der Waals surface area (Å²) in [7, 11) is 0. The predicted octanol–water partition coefficient (Wildman–Crippen LogP) is 4.39. The van der Waals surface area contributed by atoms with Gasteiger partial charge in [0.25, 0.3) is 0 Å². The summed E-state index contributed by atoms with van der Waals surface area (Å²) < 4.78 is 18.9. The van der Waals surface area contributed by atoms with Crippen LogP contribution in [0.15, 0.2) is 22.8 Å². The molecule has 1 aromatic carbocycles. The first-order valence-corrected chi connectivity index (χ1v) is 6.42. The van der Waals surface area contributed by atoms with E-state index in [0.717, 1.165) is 12.3 Å². The molecule has 20 heavy (non-hydrogen) atoms. The molecular formula is C10H3BrCl2FN3O3. The van der Waals surface area contributed by atoms with Crippen LogP contribution in [0.4, 0.5) is 10.1 Å². The molecule has 0 unspecified atom stereocenters. The van der Waals surface area contributed by atoms with Gasteiger partial charge < -0.3 is 4.74 Å². The zero-order valence-corrected chi connectivity index (χ0v) is 12.4. The van der Waals surface area contributed by atoms with Crippen molar-refractivity contribution < 1.29 is 14.1 Å². The highest BCUT2D eigenvalue weighted by atomic mass is 79.9. The van der Waals surface area contributed by atoms with Crippen LogP contribution in [0.2, 0.25) is 10.3 Å². The van der Waals surface area contributed by atoms with E-state index >= 15 is 0 Å². The summed E-state index contributed by atoms with van der Waals surface area (Å²) >= 11 is 14.2. The van der Waals surface area contributed by atoms with Crippen molar-refractivity contribution in [1.29, 1.82) is 0 Å². The topological polar surface area (TPSA) is 78.2 Å². The van der Waals surface area contributed by atoms with Gasteiger partial charge >= 0.3 is 11.6 Å². The number of benzene rings is 1. The van der Waals surface area contributed by atoms with E-state index in [1.165, 1.54) is 6.07 Å². The van der Waals surface area contributed by atoms with Crippen LogP contribution < -0.4 is 4.74 Å². The zero-order chi connectivity index (χ0) is 14.9. The van der Waals surface area contributed by atoms with Gasteiger partial charge in [0.1, 0.15) is 17.8 Å². The number of nitrogens with zero attached hydrogens (tertiary/aromatic N) is 3. The number of hydrogen-bond donors (Lipinski definition) is 0. The molecule has 0 N–H and O–H groups in total. The number of rotatable bonds is 3. The molecule has 0 spiro atoms. The third-order valence-electron chi connectivity index (χ3n) is 2.08. The van der Waals surface area contributed by atoms with Gasteiger partial charge in [-0.05, 0) is 33.6 Å². The average molecular weight is 383 g/mol. The molecule has 0 aliphatic heterocycles. The molecule has 2 rings (SSSR count). The molecule has 0 fully saturated rings. The van der Waals surface area contributed by atoms with Gasteiger partial charge in [-0.15, -0.1) is 0 Å². The predicted molar refractivity (Wildman–Crippen MR) is 72.9 cm³/mol. The molecule has 0 saturated heterocycles. The van der Waals surface area contributed by atoms with Gasteiger partial charge in [-0.2, -0.15) is 4.98 Å². The maximum absolute atomic E-state index is 13.4. The molecule has 0 aliphatic rings. The van der Waals surface area contributed by atoms with Gasteiger partial charge in [-0.1, -0.05) is 11.6 Å². The summed E-state index contributed by atoms with van der Waals surface area (Å²) in [6.45, 7) is 0. The molecule has 0 atom stereocenters. The molecule has 0 bridgehead atoms. The fraction of sp³-hybridized carbons (Fsp3) is 0. The molecule has 0 radical (unpaired) electrons. The van der Waals surface area contributed by atoms with Crippen molar-refractivity contribution in [3.05, 3.63) is 49.0 Å². The Morgan fingerprint density at radius 2 is 2.10 bits per heavy atom. The summed E-state index contributed by atoms with van der Waals surface area (Å²) in [6.07, 6.45) is 0.894. The quantitative estimate of drug-likeness (QED) is 0.340. The third kappa shape index (κ3) is 3.14. The van der Waals surface area contributed by atoms with Crippen LogP contribution in [0.5, 0.6) is 11.6 Å². The largest absolute Gasteiger partial charge is 0.432 e. The van der Waals surface area contributed by atoms with Crippen LogP contribution >= 0.6 is 39.1 Å². The Morgan fingerprint density at radius 1 is 1.40 bits per heavy atom. The van der Waals surface area contributed by atoms with Crippen LogP contribution in [0.1, 0.15) is 0 Å². The molecular weight excluding hydrogens is 380 g/mol. The number of hydrogen-bond acceptors (Lipinski definition) is 5. The highest BCUT2D eigenvalue weighted by Gasteiger charge is 2.21. The second-order valence-corrected chi connectivity index (χ2v) is 4.98. The van der Waals surface area contributed by atoms with Gasteiger partial charge in [-0.25, -0.2) is 9.37 Å². The van der Waals surface area contributed by atoms with E-state index in [9.17, 15) is 14.5 Å². The highest BCUT2D eigenvalue weighted by Crippen LogP contribution is 2.36. The van der Waals surface area contributed by atoms with E-state index in [4.69, 9.17) is 27.9 Å². The van der Waals surface area contributed by atoms with Gasteiger partial charge in [0.15, 0.2) is 0 Å². The van der Waals surface area contributed by atoms with E-state index in [1.54, 1.807) is 0 Å². The molecule has 0 aliphatic carbocycles. The van der Waals surface area contributed by atoms with Crippen LogP contribution in [0.25, 0.3) is 0 Å². The summed E-state index contributed by atoms with van der Waals surface area (Å²) in [5.41, 5.74) is -0.503. The number of ether oxygens (including phenoxy) is 1. The molecule has 2 aromatic rings. The lowest BCUT2D eigenvalue weighted by molar-refractivity contribution is -0.386. The van der Waals surface area contributed by atoms with Gasteiger partial charge in [0, 0.05) is 6.07 Å². The fourth-order valence-corrected chi connectivity index (χ4v) is 2.07. The van der Waals surface area contributed by atoms with E-state index < -0.39 is 22.3 Å². The SMILES string of the molecule is O=[N+]([O-])c1cnc(Cl)nc1Oc1cc(F)c(Cl)cc1Br. The fourth-order valence-electron chi connectivity index (χ4n) is 1.23. The normalized spacial score (nSPS) is 10.4. The number of halogens is 4. The minimum Gasteiger partial charge on any atom is -0.432 e. The molecule has 104 valence electrons. The summed E-state index contributed by atoms with van der Waals surface area (Å²) in [5.74, 6) is -1.19. The smallest absolute Gasteiger partial charge is 0.349 e. The lowest BCUT2D eigenvalue weighted by Crippen LogP contribution is -1.98. The van der Waals surface area contributed by atoms with E-state index in [1.807, 2.05) is 0 Å². The maximum atomic E-state index is 13.4. The highest BCUT2D eigenvalue weighted by molar-refractivity contribution is 9.10. The first kappa shape index (κ1) is 14.9. The van der Waals surface area contributed by atoms with E-state index in [0.29, 0.717) is 4.47 Å². The second-order valence-electron chi connectivity index (χ2n) is 3.39. The van der Waals surface area contributed by atoms with Crippen molar-refractivity contribution in [1.82, 2.24) is 9.97 Å². The summed E-state index contributed by atoms with van der Waals surface area (Å²) in [4.78, 5) is 17.2. The summed E-state index contributed by atoms with van der Waals surface area (Å²) in [6, 6.07) is 2.22. The van der Waals surface area contributed by atoms with Crippen molar-refractivity contribution in [2.45, 2.75) is 0 Å². The van der Waals surface area contributed by atoms with Crippen LogP contribution in [-0.2, 0) is 0 Å². The van der Waals surface area contributed by atoms with Crippen molar-refractivity contribution in [3.8, 4) is 11.6 Å². The molecule has 0 amide bonds. The Morgan fingerprint density at radius 3 is 2.75 bits per heavy atom. The monoisotopic (exact) mass is 381 g/mol. The Bertz CT molecular complexity index is 702. The lowest BCUT2D eigenvalue weighted by atomic mass is 10.3. The van der Waals surface area contributed by atoms with Crippen LogP contribution in [-0.4, -0.2) is 14.9 Å². The Labute approximate surface area is 129 Å². The first-order valence-electron chi connectivity index (χ1n) is 4.88. The van der Waals surface area contributed by atoms with E-state index in [2.05, 4.69) is 25.9 Å². The Hall–Kier alpha value is -1.51. The first-order chi connectivity index (χ1) is 9.38. The van der Waals surface area contributed by atoms with E-state index in [-0.39, 0.29) is 16.1 Å². The minimum absolute atomic E-state index is 0.0373. The van der Waals surface area contributed by atoms with Crippen LogP contribution in [0, 0.1) is 15.9 Å². The van der Waals surface area contributed by atoms with Gasteiger partial charge in [-0.3, -0.25) is 10.1 Å². The molecule has 1 heterocycles. The lowest BCUT2D eigenvalue weighted by Gasteiger charge is -2.08.